The summed E-state index contributed by atoms with van der Waals surface area (Å²) in [5.74, 6) is 1.55. The van der Waals surface area contributed by atoms with Crippen LogP contribution in [0.25, 0.3) is 0 Å². The summed E-state index contributed by atoms with van der Waals surface area (Å²) in [6, 6.07) is 4.34. The van der Waals surface area contributed by atoms with Gasteiger partial charge in [-0.15, -0.1) is 0 Å². The quantitative estimate of drug-likeness (QED) is 0.794. The first-order valence-electron chi connectivity index (χ1n) is 9.22. The van der Waals surface area contributed by atoms with E-state index < -0.39 is 0 Å². The molecule has 0 spiro atoms. The highest BCUT2D eigenvalue weighted by molar-refractivity contribution is 5.78. The number of carbonyl (C=O) groups is 1. The SMILES string of the molecule is COC(=O)[C@@]12CCC[C@@H]1CN(Cc1ccc(N3CCCC3)nc1)C2. The Labute approximate surface area is 144 Å². The van der Waals surface area contributed by atoms with Gasteiger partial charge in [0.1, 0.15) is 5.82 Å². The van der Waals surface area contributed by atoms with Crippen LogP contribution in [0, 0.1) is 11.3 Å². The average Bonchev–Trinajstić information content (AvgIpc) is 3.30. The molecule has 130 valence electrons. The lowest BCUT2D eigenvalue weighted by Crippen LogP contribution is -2.36. The number of anilines is 1. The Balaban J connectivity index is 1.42. The van der Waals surface area contributed by atoms with Gasteiger partial charge in [-0.05, 0) is 43.2 Å². The molecule has 1 aliphatic carbocycles. The van der Waals surface area contributed by atoms with Gasteiger partial charge in [-0.2, -0.15) is 0 Å². The molecule has 24 heavy (non-hydrogen) atoms. The van der Waals surface area contributed by atoms with E-state index in [1.807, 2.05) is 6.20 Å². The lowest BCUT2D eigenvalue weighted by molar-refractivity contribution is -0.153. The van der Waals surface area contributed by atoms with Crippen molar-refractivity contribution in [3.05, 3.63) is 23.9 Å². The number of ether oxygens (including phenoxy) is 1. The highest BCUT2D eigenvalue weighted by Crippen LogP contribution is 2.49. The van der Waals surface area contributed by atoms with Gasteiger partial charge < -0.3 is 9.64 Å². The van der Waals surface area contributed by atoms with E-state index in [2.05, 4.69) is 26.9 Å². The number of pyridine rings is 1. The van der Waals surface area contributed by atoms with Gasteiger partial charge in [0.05, 0.1) is 12.5 Å². The molecule has 3 heterocycles. The van der Waals surface area contributed by atoms with Gasteiger partial charge in [-0.25, -0.2) is 4.98 Å². The van der Waals surface area contributed by atoms with E-state index in [4.69, 9.17) is 4.74 Å². The zero-order chi connectivity index (χ0) is 16.6. The predicted molar refractivity (Wildman–Crippen MR) is 92.8 cm³/mol. The van der Waals surface area contributed by atoms with E-state index in [1.165, 1.54) is 25.5 Å². The van der Waals surface area contributed by atoms with E-state index in [0.29, 0.717) is 5.92 Å². The number of hydrogen-bond acceptors (Lipinski definition) is 5. The van der Waals surface area contributed by atoms with Gasteiger partial charge in [-0.3, -0.25) is 9.69 Å². The Hall–Kier alpha value is -1.62. The predicted octanol–water partition coefficient (Wildman–Crippen LogP) is 2.46. The molecule has 2 saturated heterocycles. The number of nitrogens with zero attached hydrogens (tertiary/aromatic N) is 3. The van der Waals surface area contributed by atoms with Crippen molar-refractivity contribution in [2.75, 3.05) is 38.2 Å². The van der Waals surface area contributed by atoms with Crippen LogP contribution in [0.2, 0.25) is 0 Å². The highest BCUT2D eigenvalue weighted by atomic mass is 16.5. The summed E-state index contributed by atoms with van der Waals surface area (Å²) < 4.78 is 5.13. The molecule has 3 fully saturated rings. The van der Waals surface area contributed by atoms with Gasteiger partial charge in [0.2, 0.25) is 0 Å². The van der Waals surface area contributed by atoms with Crippen molar-refractivity contribution in [1.82, 2.24) is 9.88 Å². The number of aromatic nitrogens is 1. The second kappa shape index (κ2) is 6.36. The van der Waals surface area contributed by atoms with Crippen LogP contribution in [0.5, 0.6) is 0 Å². The number of esters is 1. The maximum Gasteiger partial charge on any atom is 0.313 e. The minimum absolute atomic E-state index is 0.00462. The molecule has 5 nitrogen and oxygen atoms in total. The number of fused-ring (bicyclic) bond motifs is 1. The van der Waals surface area contributed by atoms with Crippen LogP contribution >= 0.6 is 0 Å². The topological polar surface area (TPSA) is 45.7 Å². The molecule has 1 saturated carbocycles. The molecule has 0 bridgehead atoms. The third-order valence-electron chi connectivity index (χ3n) is 6.18. The Kier molecular flexibility index (Phi) is 4.21. The first-order chi connectivity index (χ1) is 11.7. The first-order valence-corrected chi connectivity index (χ1v) is 9.22. The maximum atomic E-state index is 12.3. The van der Waals surface area contributed by atoms with E-state index in [-0.39, 0.29) is 11.4 Å². The van der Waals surface area contributed by atoms with Crippen molar-refractivity contribution in [2.45, 2.75) is 38.6 Å². The fraction of sp³-hybridized carbons (Fsp3) is 0.684. The fourth-order valence-corrected chi connectivity index (χ4v) is 4.95. The van der Waals surface area contributed by atoms with Crippen LogP contribution in [-0.2, 0) is 16.1 Å². The smallest absolute Gasteiger partial charge is 0.313 e. The molecule has 2 atom stereocenters. The van der Waals surface area contributed by atoms with Crippen molar-refractivity contribution >= 4 is 11.8 Å². The number of likely N-dealkylation sites (tertiary alicyclic amines) is 1. The summed E-state index contributed by atoms with van der Waals surface area (Å²) in [7, 11) is 1.52. The fourth-order valence-electron chi connectivity index (χ4n) is 4.95. The molecule has 0 N–H and O–H groups in total. The molecule has 0 radical (unpaired) electrons. The third-order valence-corrected chi connectivity index (χ3v) is 6.18. The van der Waals surface area contributed by atoms with Gasteiger partial charge in [0.25, 0.3) is 0 Å². The van der Waals surface area contributed by atoms with E-state index in [1.54, 1.807) is 0 Å². The van der Waals surface area contributed by atoms with Crippen LogP contribution in [0.4, 0.5) is 5.82 Å². The molecule has 1 aromatic heterocycles. The summed E-state index contributed by atoms with van der Waals surface area (Å²) in [4.78, 5) is 21.8. The first kappa shape index (κ1) is 15.9. The molecular weight excluding hydrogens is 302 g/mol. The second-order valence-corrected chi connectivity index (χ2v) is 7.63. The van der Waals surface area contributed by atoms with Crippen LogP contribution in [-0.4, -0.2) is 49.1 Å². The molecule has 1 aromatic rings. The number of hydrogen-bond donors (Lipinski definition) is 0. The standard InChI is InChI=1S/C19H27N3O2/c1-24-18(23)19-8-4-5-16(19)13-21(14-19)12-15-6-7-17(20-11-15)22-9-2-3-10-22/h6-7,11,16H,2-5,8-10,12-14H2,1H3/t16-,19-/m1/s1. The summed E-state index contributed by atoms with van der Waals surface area (Å²) >= 11 is 0. The van der Waals surface area contributed by atoms with E-state index in [0.717, 1.165) is 57.8 Å². The molecule has 4 rings (SSSR count). The lowest BCUT2D eigenvalue weighted by atomic mass is 9.81. The molecule has 3 aliphatic rings. The summed E-state index contributed by atoms with van der Waals surface area (Å²) in [6.45, 7) is 4.97. The molecule has 0 aromatic carbocycles. The minimum Gasteiger partial charge on any atom is -0.469 e. The van der Waals surface area contributed by atoms with Gasteiger partial charge >= 0.3 is 5.97 Å². The van der Waals surface area contributed by atoms with Crippen LogP contribution in [0.3, 0.4) is 0 Å². The summed E-state index contributed by atoms with van der Waals surface area (Å²) in [6.07, 6.45) is 7.83. The van der Waals surface area contributed by atoms with E-state index in [9.17, 15) is 4.79 Å². The average molecular weight is 329 g/mol. The van der Waals surface area contributed by atoms with Gasteiger partial charge in [0.15, 0.2) is 0 Å². The number of carbonyl (C=O) groups excluding carboxylic acids is 1. The largest absolute Gasteiger partial charge is 0.469 e. The molecule has 2 aliphatic heterocycles. The maximum absolute atomic E-state index is 12.3. The monoisotopic (exact) mass is 329 g/mol. The summed E-state index contributed by atoms with van der Waals surface area (Å²) in [5, 5.41) is 0. The Morgan fingerprint density at radius 2 is 2.17 bits per heavy atom. The zero-order valence-corrected chi connectivity index (χ0v) is 14.5. The van der Waals surface area contributed by atoms with Gasteiger partial charge in [-0.1, -0.05) is 12.5 Å². The van der Waals surface area contributed by atoms with Crippen molar-refractivity contribution < 1.29 is 9.53 Å². The highest BCUT2D eigenvalue weighted by Gasteiger charge is 2.55. The van der Waals surface area contributed by atoms with Crippen molar-refractivity contribution in [2.24, 2.45) is 11.3 Å². The number of rotatable bonds is 4. The van der Waals surface area contributed by atoms with Gasteiger partial charge in [0, 0.05) is 38.9 Å². The minimum atomic E-state index is -0.252. The second-order valence-electron chi connectivity index (χ2n) is 7.63. The zero-order valence-electron chi connectivity index (χ0n) is 14.5. The Bertz CT molecular complexity index is 597. The van der Waals surface area contributed by atoms with Crippen LogP contribution in [0.15, 0.2) is 18.3 Å². The normalized spacial score (nSPS) is 29.9. The van der Waals surface area contributed by atoms with Crippen LogP contribution in [0.1, 0.15) is 37.7 Å². The molecule has 0 unspecified atom stereocenters. The molecule has 5 heteroatoms. The number of methoxy groups -OCH3 is 1. The lowest BCUT2D eigenvalue weighted by Gasteiger charge is -2.25. The molecule has 0 amide bonds. The summed E-state index contributed by atoms with van der Waals surface area (Å²) in [5.41, 5.74) is 0.982. The Morgan fingerprint density at radius 1 is 1.33 bits per heavy atom. The van der Waals surface area contributed by atoms with E-state index >= 15 is 0 Å². The van der Waals surface area contributed by atoms with Crippen molar-refractivity contribution in [1.29, 1.82) is 0 Å². The third kappa shape index (κ3) is 2.69. The van der Waals surface area contributed by atoms with Crippen molar-refractivity contribution in [3.8, 4) is 0 Å². The van der Waals surface area contributed by atoms with Crippen molar-refractivity contribution in [3.63, 3.8) is 0 Å². The van der Waals surface area contributed by atoms with Crippen LogP contribution < -0.4 is 4.90 Å². The Morgan fingerprint density at radius 3 is 2.88 bits per heavy atom. The molecular formula is C19H27N3O2.